The molecule has 4 bridgehead atoms. The van der Waals surface area contributed by atoms with Gasteiger partial charge in [-0.2, -0.15) is 0 Å². The molecule has 0 saturated carbocycles. The maximum atomic E-state index is 13.8. The number of anilines is 1. The first-order valence-electron chi connectivity index (χ1n) is 14.9. The van der Waals surface area contributed by atoms with Crippen molar-refractivity contribution in [1.82, 2.24) is 15.6 Å². The first-order valence-corrected chi connectivity index (χ1v) is 14.9. The highest BCUT2D eigenvalue weighted by Crippen LogP contribution is 2.58. The molecule has 11 nitrogen and oxygen atoms in total. The van der Waals surface area contributed by atoms with Gasteiger partial charge in [-0.15, -0.1) is 0 Å². The van der Waals surface area contributed by atoms with Crippen LogP contribution in [0.25, 0.3) is 0 Å². The van der Waals surface area contributed by atoms with Crippen molar-refractivity contribution >= 4 is 37.0 Å². The minimum Gasteiger partial charge on any atom is -0.476 e. The summed E-state index contributed by atoms with van der Waals surface area (Å²) in [7, 11) is 1.97. The Bertz CT molecular complexity index is 1840. The number of hydrogen-bond acceptors (Lipinski definition) is 8. The third-order valence-corrected chi connectivity index (χ3v) is 8.78. The summed E-state index contributed by atoms with van der Waals surface area (Å²) in [5, 5.41) is 19.6. The number of fused-ring (bicyclic) bond motifs is 4. The third kappa shape index (κ3) is 4.59. The molecular formula is C33H31BN4O7. The number of carboxylic acids is 1. The molecule has 1 spiro atoms. The van der Waals surface area contributed by atoms with Gasteiger partial charge in [-0.3, -0.25) is 4.79 Å². The van der Waals surface area contributed by atoms with Gasteiger partial charge in [0.05, 0.1) is 0 Å². The monoisotopic (exact) mass is 606 g/mol. The summed E-state index contributed by atoms with van der Waals surface area (Å²) >= 11 is 0. The molecule has 4 aromatic rings. The van der Waals surface area contributed by atoms with Gasteiger partial charge in [-0.25, -0.2) is 14.6 Å². The first kappa shape index (κ1) is 28.5. The molecule has 3 aromatic carbocycles. The van der Waals surface area contributed by atoms with E-state index in [-0.39, 0.29) is 36.3 Å². The number of aromatic nitrogens is 1. The lowest BCUT2D eigenvalue weighted by Crippen LogP contribution is -2.49. The summed E-state index contributed by atoms with van der Waals surface area (Å²) < 4.78 is 18.4. The van der Waals surface area contributed by atoms with E-state index < -0.39 is 41.7 Å². The van der Waals surface area contributed by atoms with Crippen LogP contribution < -0.4 is 26.2 Å². The number of carbonyl (C=O) groups excluding carboxylic acids is 2. The van der Waals surface area contributed by atoms with Crippen LogP contribution in [0, 0.1) is 5.92 Å². The van der Waals surface area contributed by atoms with Crippen molar-refractivity contribution < 1.29 is 33.4 Å². The molecule has 45 heavy (non-hydrogen) atoms. The van der Waals surface area contributed by atoms with E-state index in [2.05, 4.69) is 20.9 Å². The van der Waals surface area contributed by atoms with Gasteiger partial charge in [0.25, 0.3) is 0 Å². The van der Waals surface area contributed by atoms with Crippen molar-refractivity contribution in [1.29, 1.82) is 0 Å². The topological polar surface area (TPSA) is 152 Å². The van der Waals surface area contributed by atoms with Crippen LogP contribution in [-0.4, -0.2) is 48.2 Å². The molecule has 7 rings (SSSR count). The molecule has 12 heteroatoms. The van der Waals surface area contributed by atoms with Crippen molar-refractivity contribution in [2.24, 2.45) is 5.92 Å². The minimum atomic E-state index is -1.26. The summed E-state index contributed by atoms with van der Waals surface area (Å²) in [6.07, 6.45) is -1.32. The molecule has 228 valence electrons. The maximum Gasteiger partial charge on any atom is 0.408 e. The van der Waals surface area contributed by atoms with Crippen molar-refractivity contribution in [3.05, 3.63) is 106 Å². The summed E-state index contributed by atoms with van der Waals surface area (Å²) in [6, 6.07) is 18.8. The second-order valence-corrected chi connectivity index (χ2v) is 12.0. The van der Waals surface area contributed by atoms with Crippen LogP contribution in [-0.2, 0) is 28.0 Å². The van der Waals surface area contributed by atoms with Gasteiger partial charge in [-0.05, 0) is 28.7 Å². The molecule has 3 aliphatic heterocycles. The summed E-state index contributed by atoms with van der Waals surface area (Å²) in [6.45, 7) is 3.78. The Labute approximate surface area is 259 Å². The van der Waals surface area contributed by atoms with E-state index in [4.69, 9.17) is 13.9 Å². The highest BCUT2D eigenvalue weighted by atomic mass is 16.5. The van der Waals surface area contributed by atoms with Crippen molar-refractivity contribution in [3.63, 3.8) is 0 Å². The number of hydrogen-bond donors (Lipinski definition) is 4. The number of amides is 2. The van der Waals surface area contributed by atoms with Gasteiger partial charge in [0.2, 0.25) is 11.8 Å². The number of aromatic carboxylic acids is 1. The van der Waals surface area contributed by atoms with Gasteiger partial charge in [0.1, 0.15) is 37.7 Å². The number of alkyl carbamates (subject to hydrolysis) is 1. The number of para-hydroxylation sites is 1. The van der Waals surface area contributed by atoms with Crippen LogP contribution in [0.15, 0.2) is 71.1 Å². The predicted octanol–water partition coefficient (Wildman–Crippen LogP) is 2.77. The number of nitrogens with zero attached hydrogens (tertiary/aromatic N) is 1. The average molecular weight is 606 g/mol. The zero-order valence-corrected chi connectivity index (χ0v) is 24.9. The molecule has 1 aromatic heterocycles. The number of carboxylic acid groups (broad SMARTS) is 1. The van der Waals surface area contributed by atoms with E-state index in [9.17, 15) is 19.5 Å². The van der Waals surface area contributed by atoms with Gasteiger partial charge in [0.15, 0.2) is 17.7 Å². The highest BCUT2D eigenvalue weighted by molar-refractivity contribution is 6.36. The van der Waals surface area contributed by atoms with Gasteiger partial charge < -0.3 is 34.9 Å². The van der Waals surface area contributed by atoms with E-state index >= 15 is 0 Å². The Morgan fingerprint density at radius 3 is 2.67 bits per heavy atom. The third-order valence-electron chi connectivity index (χ3n) is 8.78. The number of rotatable bonds is 5. The maximum absolute atomic E-state index is 13.8. The van der Waals surface area contributed by atoms with Gasteiger partial charge in [-0.1, -0.05) is 80.0 Å². The lowest BCUT2D eigenvalue weighted by molar-refractivity contribution is -0.124. The number of nitrogens with one attached hydrogen (secondary N) is 3. The SMILES string of the molecule is Bc1cccc2c1NC1Oc3ccc4cc3C21c1oc(nc1C(=O)O)[C@H](C(C)C)NC(=O)[C@@H](NC(=O)OCc1ccccc1)C4. The number of oxazole rings is 1. The molecule has 4 N–H and O–H groups in total. The first-order chi connectivity index (χ1) is 21.7. The van der Waals surface area contributed by atoms with E-state index in [1.54, 1.807) is 6.07 Å². The second-order valence-electron chi connectivity index (χ2n) is 12.0. The summed E-state index contributed by atoms with van der Waals surface area (Å²) in [5.41, 5.74) is 3.36. The van der Waals surface area contributed by atoms with Gasteiger partial charge >= 0.3 is 12.1 Å². The highest BCUT2D eigenvalue weighted by Gasteiger charge is 2.61. The van der Waals surface area contributed by atoms with E-state index in [0.29, 0.717) is 11.3 Å². The number of carbonyl (C=O) groups is 3. The Morgan fingerprint density at radius 1 is 1.11 bits per heavy atom. The fourth-order valence-electron chi connectivity index (χ4n) is 6.58. The van der Waals surface area contributed by atoms with E-state index in [1.165, 1.54) is 0 Å². The normalized spacial score (nSPS) is 22.6. The molecule has 0 saturated heterocycles. The number of ether oxygens (including phenoxy) is 2. The standard InChI is InChI=1S/C33H31BN4O7/c1-16(2)24-29-37-26(30(40)41)27(45-29)33-19-9-6-10-21(34)25(19)38-31(33)44-23-12-11-18(13-20(23)33)14-22(28(39)36-24)35-32(42)43-15-17-7-4-3-5-8-17/h3-13,16,22,24,31,38H,14-15,34H2,1-2H3,(H,35,42)(H,36,39)(H,40,41)/t22-,24-,31?,33?/m0/s1. The zero-order valence-electron chi connectivity index (χ0n) is 24.9. The number of benzene rings is 3. The molecule has 4 heterocycles. The van der Waals surface area contributed by atoms with Crippen LogP contribution in [0.4, 0.5) is 10.5 Å². The molecule has 4 atom stereocenters. The largest absolute Gasteiger partial charge is 0.476 e. The van der Waals surface area contributed by atoms with E-state index in [1.807, 2.05) is 82.4 Å². The van der Waals surface area contributed by atoms with Crippen LogP contribution in [0.5, 0.6) is 5.75 Å². The minimum absolute atomic E-state index is 0.0403. The molecule has 2 unspecified atom stereocenters. The van der Waals surface area contributed by atoms with Crippen molar-refractivity contribution in [2.45, 2.75) is 50.6 Å². The molecule has 0 fully saturated rings. The summed E-state index contributed by atoms with van der Waals surface area (Å²) in [4.78, 5) is 44.0. The predicted molar refractivity (Wildman–Crippen MR) is 165 cm³/mol. The fraction of sp³-hybridized carbons (Fsp3) is 0.273. The lowest BCUT2D eigenvalue weighted by Gasteiger charge is -2.28. The van der Waals surface area contributed by atoms with Crippen LogP contribution in [0.2, 0.25) is 0 Å². The molecule has 2 amide bonds. The Hall–Kier alpha value is -5.26. The van der Waals surface area contributed by atoms with Crippen LogP contribution in [0.1, 0.15) is 64.3 Å². The molecule has 0 radical (unpaired) electrons. The van der Waals surface area contributed by atoms with Crippen molar-refractivity contribution in [2.75, 3.05) is 5.32 Å². The summed E-state index contributed by atoms with van der Waals surface area (Å²) in [5.74, 6) is -1.27. The fourth-order valence-corrected chi connectivity index (χ4v) is 6.58. The zero-order chi connectivity index (χ0) is 31.5. The van der Waals surface area contributed by atoms with Crippen LogP contribution >= 0.6 is 0 Å². The Balaban J connectivity index is 1.36. The van der Waals surface area contributed by atoms with E-state index in [0.717, 1.165) is 27.8 Å². The molecule has 3 aliphatic rings. The van der Waals surface area contributed by atoms with Gasteiger partial charge in [0, 0.05) is 17.7 Å². The second kappa shape index (κ2) is 10.7. The lowest BCUT2D eigenvalue weighted by atomic mass is 9.71. The quantitative estimate of drug-likeness (QED) is 0.252. The average Bonchev–Trinajstić information content (AvgIpc) is 3.68. The Morgan fingerprint density at radius 2 is 1.91 bits per heavy atom. The van der Waals surface area contributed by atoms with Crippen molar-refractivity contribution in [3.8, 4) is 5.75 Å². The molecular weight excluding hydrogens is 575 g/mol. The smallest absolute Gasteiger partial charge is 0.408 e. The Kier molecular flexibility index (Phi) is 6.79. The van der Waals surface area contributed by atoms with Crippen LogP contribution in [0.3, 0.4) is 0 Å². The molecule has 0 aliphatic carbocycles.